The summed E-state index contributed by atoms with van der Waals surface area (Å²) >= 11 is 0.816. The van der Waals surface area contributed by atoms with Gasteiger partial charge in [0.05, 0.1) is 19.4 Å². The summed E-state index contributed by atoms with van der Waals surface area (Å²) in [6.45, 7) is 1.33. The van der Waals surface area contributed by atoms with Crippen molar-refractivity contribution in [3.63, 3.8) is 0 Å². The zero-order valence-electron chi connectivity index (χ0n) is 13.3. The summed E-state index contributed by atoms with van der Waals surface area (Å²) in [6, 6.07) is 1.85. The minimum atomic E-state index is -2.66. The normalized spacial score (nSPS) is 15.8. The third kappa shape index (κ3) is 3.51. The Kier molecular flexibility index (Phi) is 5.25. The second-order valence-corrected chi connectivity index (χ2v) is 7.73. The Hall–Kier alpha value is -1.49. The molecule has 0 aliphatic carbocycles. The molecule has 138 valence electrons. The fourth-order valence-corrected chi connectivity index (χ4v) is 3.97. The van der Waals surface area contributed by atoms with Crippen molar-refractivity contribution in [2.24, 2.45) is 0 Å². The van der Waals surface area contributed by atoms with Crippen LogP contribution in [0, 0.1) is 0 Å². The lowest BCUT2D eigenvalue weighted by atomic mass is 10.1. The molecule has 1 fully saturated rings. The van der Waals surface area contributed by atoms with Gasteiger partial charge < -0.3 is 9.47 Å². The topological polar surface area (TPSA) is 61.5 Å². The van der Waals surface area contributed by atoms with Crippen LogP contribution < -0.4 is 4.74 Å². The van der Waals surface area contributed by atoms with E-state index in [1.807, 2.05) is 6.07 Å². The van der Waals surface area contributed by atoms with Crippen LogP contribution in [-0.4, -0.2) is 38.9 Å². The van der Waals surface area contributed by atoms with Crippen LogP contribution in [0.15, 0.2) is 23.4 Å². The second-order valence-electron chi connectivity index (χ2n) is 5.63. The first-order valence-corrected chi connectivity index (χ1v) is 10.3. The highest BCUT2D eigenvalue weighted by molar-refractivity contribution is 8.21. The van der Waals surface area contributed by atoms with E-state index in [9.17, 15) is 8.78 Å². The van der Waals surface area contributed by atoms with Gasteiger partial charge in [0.15, 0.2) is 15.8 Å². The van der Waals surface area contributed by atoms with E-state index < -0.39 is 6.43 Å². The maximum Gasteiger partial charge on any atom is 0.291 e. The van der Waals surface area contributed by atoms with Crippen LogP contribution in [0.2, 0.25) is 0 Å². The van der Waals surface area contributed by atoms with Gasteiger partial charge in [0.2, 0.25) is 0 Å². The van der Waals surface area contributed by atoms with Crippen molar-refractivity contribution in [2.75, 3.05) is 13.2 Å². The molecule has 4 rings (SSSR count). The Morgan fingerprint density at radius 1 is 1.35 bits per heavy atom. The minimum absolute atomic E-state index is 0.0495. The van der Waals surface area contributed by atoms with E-state index in [1.165, 1.54) is 0 Å². The van der Waals surface area contributed by atoms with E-state index in [4.69, 9.17) is 20.2 Å². The van der Waals surface area contributed by atoms with Gasteiger partial charge in [-0.2, -0.15) is 0 Å². The van der Waals surface area contributed by atoms with Crippen LogP contribution in [-0.2, 0) is 4.74 Å². The zero-order chi connectivity index (χ0) is 18.1. The monoisotopic (exact) mass is 418 g/mol. The lowest BCUT2D eigenvalue weighted by Crippen LogP contribution is -2.26. The minimum Gasteiger partial charge on any atom is -0.488 e. The van der Waals surface area contributed by atoms with Gasteiger partial charge >= 0.3 is 0 Å². The number of hydrogen-bond acceptors (Lipinski definition) is 7. The van der Waals surface area contributed by atoms with Crippen molar-refractivity contribution < 1.29 is 18.3 Å². The summed E-state index contributed by atoms with van der Waals surface area (Å²) in [5, 5.41) is 7.34. The standard InChI is InChI=1S/C15H13ClF2N4O2S2/c16-26-9-5-11(24-8-1-3-23-4-2-8)10-6-19-13(22(10)7-9)15-21-20-14(25-15)12(17)18/h5-8,12H,1-4H2. The summed E-state index contributed by atoms with van der Waals surface area (Å²) in [5.74, 6) is 1.06. The van der Waals surface area contributed by atoms with Gasteiger partial charge in [0.25, 0.3) is 6.43 Å². The van der Waals surface area contributed by atoms with Crippen LogP contribution >= 0.6 is 33.0 Å². The fraction of sp³-hybridized carbons (Fsp3) is 0.400. The first-order chi connectivity index (χ1) is 12.7. The molecule has 0 radical (unpaired) electrons. The number of alkyl halides is 2. The van der Waals surface area contributed by atoms with Crippen molar-refractivity contribution in [3.8, 4) is 16.6 Å². The number of ether oxygens (including phenoxy) is 2. The fourth-order valence-electron chi connectivity index (χ4n) is 2.72. The first kappa shape index (κ1) is 17.9. The molecular weight excluding hydrogens is 406 g/mol. The maximum absolute atomic E-state index is 12.8. The van der Waals surface area contributed by atoms with Gasteiger partial charge in [-0.1, -0.05) is 11.3 Å². The van der Waals surface area contributed by atoms with Gasteiger partial charge in [-0.25, -0.2) is 13.8 Å². The molecule has 4 heterocycles. The number of imidazole rings is 1. The number of pyridine rings is 1. The van der Waals surface area contributed by atoms with Crippen LogP contribution in [0.4, 0.5) is 8.78 Å². The van der Waals surface area contributed by atoms with E-state index in [0.717, 1.165) is 45.6 Å². The molecular formula is C15H13ClF2N4O2S2. The third-order valence-electron chi connectivity index (χ3n) is 3.95. The van der Waals surface area contributed by atoms with Crippen LogP contribution in [0.25, 0.3) is 16.3 Å². The predicted molar refractivity (Wildman–Crippen MR) is 95.2 cm³/mol. The lowest BCUT2D eigenvalue weighted by Gasteiger charge is -2.23. The quantitative estimate of drug-likeness (QED) is 0.603. The number of fused-ring (bicyclic) bond motifs is 1. The number of rotatable bonds is 5. The summed E-state index contributed by atoms with van der Waals surface area (Å²) < 4.78 is 38.9. The summed E-state index contributed by atoms with van der Waals surface area (Å²) in [5.41, 5.74) is 0.717. The molecule has 1 aliphatic heterocycles. The van der Waals surface area contributed by atoms with Crippen LogP contribution in [0.5, 0.6) is 5.75 Å². The summed E-state index contributed by atoms with van der Waals surface area (Å²) in [6.07, 6.45) is 2.41. The Balaban J connectivity index is 1.74. The maximum atomic E-state index is 12.8. The summed E-state index contributed by atoms with van der Waals surface area (Å²) in [7, 11) is 6.98. The molecule has 0 spiro atoms. The van der Waals surface area contributed by atoms with Crippen molar-refractivity contribution >= 4 is 38.5 Å². The molecule has 11 heteroatoms. The highest BCUT2D eigenvalue weighted by Crippen LogP contribution is 2.35. The molecule has 0 bridgehead atoms. The van der Waals surface area contributed by atoms with Crippen molar-refractivity contribution in [3.05, 3.63) is 23.5 Å². The molecule has 3 aromatic heterocycles. The number of halogens is 3. The van der Waals surface area contributed by atoms with Gasteiger partial charge in [0, 0.05) is 23.9 Å². The Morgan fingerprint density at radius 2 is 2.15 bits per heavy atom. The van der Waals surface area contributed by atoms with E-state index in [1.54, 1.807) is 16.8 Å². The zero-order valence-corrected chi connectivity index (χ0v) is 15.7. The van der Waals surface area contributed by atoms with Crippen molar-refractivity contribution in [1.29, 1.82) is 0 Å². The smallest absolute Gasteiger partial charge is 0.291 e. The van der Waals surface area contributed by atoms with Crippen LogP contribution in [0.3, 0.4) is 0 Å². The van der Waals surface area contributed by atoms with Gasteiger partial charge in [-0.15, -0.1) is 10.2 Å². The summed E-state index contributed by atoms with van der Waals surface area (Å²) in [4.78, 5) is 5.09. The average Bonchev–Trinajstić information content (AvgIpc) is 3.29. The number of aromatic nitrogens is 4. The molecule has 0 N–H and O–H groups in total. The van der Waals surface area contributed by atoms with Crippen LogP contribution in [0.1, 0.15) is 24.3 Å². The van der Waals surface area contributed by atoms with Gasteiger partial charge in [-0.05, 0) is 27.7 Å². The third-order valence-corrected chi connectivity index (χ3v) is 5.81. The lowest BCUT2D eigenvalue weighted by molar-refractivity contribution is 0.0259. The van der Waals surface area contributed by atoms with Crippen molar-refractivity contribution in [2.45, 2.75) is 30.3 Å². The Labute approximate surface area is 160 Å². The van der Waals surface area contributed by atoms with E-state index in [-0.39, 0.29) is 11.1 Å². The number of hydrogen-bond donors (Lipinski definition) is 0. The van der Waals surface area contributed by atoms with Crippen molar-refractivity contribution in [1.82, 2.24) is 19.6 Å². The number of nitrogens with zero attached hydrogens (tertiary/aromatic N) is 4. The Morgan fingerprint density at radius 3 is 2.85 bits per heavy atom. The van der Waals surface area contributed by atoms with E-state index in [0.29, 0.717) is 29.8 Å². The van der Waals surface area contributed by atoms with Gasteiger partial charge in [-0.3, -0.25) is 4.40 Å². The average molecular weight is 419 g/mol. The predicted octanol–water partition coefficient (Wildman–Crippen LogP) is 4.59. The highest BCUT2D eigenvalue weighted by Gasteiger charge is 2.21. The molecule has 6 nitrogen and oxygen atoms in total. The molecule has 26 heavy (non-hydrogen) atoms. The SMILES string of the molecule is FC(F)c1nnc(-c2ncc3c(OC4CCOCC4)cc(SCl)cn23)s1. The molecule has 0 aromatic carbocycles. The molecule has 0 atom stereocenters. The van der Waals surface area contributed by atoms with E-state index in [2.05, 4.69) is 15.2 Å². The highest BCUT2D eigenvalue weighted by atomic mass is 35.7. The largest absolute Gasteiger partial charge is 0.488 e. The molecule has 0 unspecified atom stereocenters. The molecule has 3 aromatic rings. The second kappa shape index (κ2) is 7.63. The molecule has 0 amide bonds. The van der Waals surface area contributed by atoms with Gasteiger partial charge in [0.1, 0.15) is 17.4 Å². The molecule has 1 aliphatic rings. The van der Waals surface area contributed by atoms with E-state index >= 15 is 0 Å². The molecule has 1 saturated heterocycles. The molecule has 0 saturated carbocycles. The Bertz CT molecular complexity index is 914. The first-order valence-electron chi connectivity index (χ1n) is 7.81.